The molecule has 3 heterocycles. The third-order valence-electron chi connectivity index (χ3n) is 14.2. The van der Waals surface area contributed by atoms with Crippen molar-refractivity contribution in [3.05, 3.63) is 108 Å². The number of carboxylic acid groups (broad SMARTS) is 1. The van der Waals surface area contributed by atoms with Crippen molar-refractivity contribution < 1.29 is 58.2 Å². The van der Waals surface area contributed by atoms with Crippen LogP contribution in [0.25, 0.3) is 21.8 Å². The highest BCUT2D eigenvalue weighted by Crippen LogP contribution is 2.23. The van der Waals surface area contributed by atoms with Gasteiger partial charge in [-0.2, -0.15) is 25.3 Å². The second-order valence-corrected chi connectivity index (χ2v) is 20.5. The average molecular weight is 1150 g/mol. The molecule has 0 aliphatic carbocycles. The van der Waals surface area contributed by atoms with E-state index in [4.69, 9.17) is 0 Å². The number of thiol groups is 2. The Kier molecular flexibility index (Phi) is 23.3. The third-order valence-corrected chi connectivity index (χ3v) is 14.9. The zero-order chi connectivity index (χ0) is 58.8. The van der Waals surface area contributed by atoms with Crippen molar-refractivity contribution in [2.45, 2.75) is 120 Å². The number of likely N-dealkylation sites (tertiary alicyclic amines) is 1. The molecule has 12 N–H and O–H groups in total. The van der Waals surface area contributed by atoms with E-state index in [0.717, 1.165) is 10.9 Å². The Morgan fingerprint density at radius 1 is 0.593 bits per heavy atom. The number of hydrogen-bond donors (Lipinski definition) is 14. The van der Waals surface area contributed by atoms with Gasteiger partial charge in [0.1, 0.15) is 42.3 Å². The lowest BCUT2D eigenvalue weighted by Gasteiger charge is -2.29. The number of carboxylic acids is 1. The fraction of sp³-hybridized carbons (Fsp3) is 0.429. The van der Waals surface area contributed by atoms with E-state index in [1.807, 2.05) is 18.2 Å². The van der Waals surface area contributed by atoms with E-state index < -0.39 is 121 Å². The molecule has 0 saturated carbocycles. The molecule has 1 aliphatic heterocycles. The first-order chi connectivity index (χ1) is 38.9. The first-order valence-corrected chi connectivity index (χ1v) is 27.9. The summed E-state index contributed by atoms with van der Waals surface area (Å²) in [6.07, 6.45) is 2.69. The van der Waals surface area contributed by atoms with Crippen LogP contribution in [0.3, 0.4) is 0 Å². The lowest BCUT2D eigenvalue weighted by molar-refractivity contribution is -0.141. The number of aromatic nitrogens is 2. The molecule has 23 nitrogen and oxygen atoms in total. The number of nitrogens with one attached hydrogen (secondary N) is 10. The zero-order valence-corrected chi connectivity index (χ0v) is 46.9. The predicted octanol–water partition coefficient (Wildman–Crippen LogP) is 0.365. The van der Waals surface area contributed by atoms with Crippen LogP contribution >= 0.6 is 25.3 Å². The van der Waals surface area contributed by atoms with E-state index in [0.29, 0.717) is 40.4 Å². The number of amides is 8. The first kappa shape index (κ1) is 62.5. The third kappa shape index (κ3) is 16.9. The Labute approximate surface area is 478 Å². The molecule has 6 rings (SSSR count). The highest BCUT2D eigenvalue weighted by Gasteiger charge is 2.39. The highest BCUT2D eigenvalue weighted by atomic mass is 32.1. The van der Waals surface area contributed by atoms with Crippen LogP contribution in [0.1, 0.15) is 62.6 Å². The fourth-order valence-corrected chi connectivity index (χ4v) is 10.3. The van der Waals surface area contributed by atoms with Gasteiger partial charge in [0.15, 0.2) is 5.78 Å². The van der Waals surface area contributed by atoms with Crippen LogP contribution in [0.5, 0.6) is 0 Å². The summed E-state index contributed by atoms with van der Waals surface area (Å²) >= 11 is 8.46. The molecule has 0 unspecified atom stereocenters. The SMILES string of the molecule is CC[C@H](NC(=O)[C@H](Cc1c[nH]c2ccccc12)NC(=O)[C@H](CO)NC(=O)[C@H](CCC(=O)O)NC(=O)[C@H](Cc1c[nH]c2ccccc12)NC(=O)[C@@H]1CCCN1C(=O)[C@H](CS)NC)C(=O)N[C@@H](Cc1ccccc1)C(=O)N[C@@H](CS)C(C)=O. The van der Waals surface area contributed by atoms with Gasteiger partial charge >= 0.3 is 5.97 Å². The normalized spacial score (nSPS) is 16.1. The minimum atomic E-state index is -1.80. The number of fused-ring (bicyclic) bond motifs is 2. The van der Waals surface area contributed by atoms with Gasteiger partial charge in [0.05, 0.1) is 18.7 Å². The average Bonchev–Trinajstić information content (AvgIpc) is 4.27. The summed E-state index contributed by atoms with van der Waals surface area (Å²) in [6.45, 7) is 2.15. The van der Waals surface area contributed by atoms with Crippen molar-refractivity contribution in [2.75, 3.05) is 31.7 Å². The molecule has 5 aromatic rings. The van der Waals surface area contributed by atoms with Crippen LogP contribution in [0.15, 0.2) is 91.3 Å². The molecule has 0 radical (unpaired) electrons. The molecule has 81 heavy (non-hydrogen) atoms. The predicted molar refractivity (Wildman–Crippen MR) is 308 cm³/mol. The molecular weight excluding hydrogens is 1080 g/mol. The smallest absolute Gasteiger partial charge is 0.303 e. The van der Waals surface area contributed by atoms with Crippen molar-refractivity contribution in [1.82, 2.24) is 57.4 Å². The number of aliphatic hydroxyl groups excluding tert-OH is 1. The van der Waals surface area contributed by atoms with E-state index in [2.05, 4.69) is 77.8 Å². The maximum absolute atomic E-state index is 14.5. The lowest BCUT2D eigenvalue weighted by Crippen LogP contribution is -2.61. The van der Waals surface area contributed by atoms with E-state index in [9.17, 15) is 58.2 Å². The van der Waals surface area contributed by atoms with E-state index >= 15 is 0 Å². The zero-order valence-electron chi connectivity index (χ0n) is 45.2. The number of rotatable bonds is 30. The number of benzene rings is 3. The highest BCUT2D eigenvalue weighted by molar-refractivity contribution is 7.80. The van der Waals surface area contributed by atoms with Gasteiger partial charge in [-0.1, -0.05) is 73.7 Å². The molecule has 0 spiro atoms. The molecule has 9 atom stereocenters. The number of hydrogen-bond acceptors (Lipinski definition) is 14. The largest absolute Gasteiger partial charge is 0.481 e. The number of carbonyl (C=O) groups excluding carboxylic acids is 9. The Morgan fingerprint density at radius 2 is 1.05 bits per heavy atom. The van der Waals surface area contributed by atoms with Crippen LogP contribution in [0, 0.1) is 0 Å². The van der Waals surface area contributed by atoms with Crippen molar-refractivity contribution >= 4 is 106 Å². The van der Waals surface area contributed by atoms with E-state index in [-0.39, 0.29) is 55.4 Å². The maximum Gasteiger partial charge on any atom is 0.303 e. The molecule has 1 aliphatic rings. The molecular formula is C56H71N11O12S2. The van der Waals surface area contributed by atoms with E-state index in [1.165, 1.54) is 11.8 Å². The van der Waals surface area contributed by atoms with Gasteiger partial charge in [0, 0.05) is 77.9 Å². The van der Waals surface area contributed by atoms with Gasteiger partial charge in [0.25, 0.3) is 0 Å². The Bertz CT molecular complexity index is 3040. The minimum absolute atomic E-state index is 0.00232. The van der Waals surface area contributed by atoms with Gasteiger partial charge in [-0.3, -0.25) is 47.9 Å². The van der Waals surface area contributed by atoms with Crippen molar-refractivity contribution in [1.29, 1.82) is 0 Å². The molecule has 8 amide bonds. The quantitative estimate of drug-likeness (QED) is 0.0277. The second kappa shape index (κ2) is 30.2. The topological polar surface area (TPSA) is 342 Å². The molecule has 1 fully saturated rings. The summed E-state index contributed by atoms with van der Waals surface area (Å²) in [7, 11) is 1.60. The number of carbonyl (C=O) groups is 10. The number of ketones is 1. The monoisotopic (exact) mass is 1150 g/mol. The summed E-state index contributed by atoms with van der Waals surface area (Å²) in [4.78, 5) is 145. The fourth-order valence-electron chi connectivity index (χ4n) is 9.58. The van der Waals surface area contributed by atoms with Gasteiger partial charge in [-0.15, -0.1) is 0 Å². The van der Waals surface area contributed by atoms with Crippen LogP contribution in [0.4, 0.5) is 0 Å². The van der Waals surface area contributed by atoms with Crippen LogP contribution in [-0.4, -0.2) is 170 Å². The van der Waals surface area contributed by atoms with Crippen LogP contribution < -0.4 is 42.5 Å². The molecule has 25 heteroatoms. The van der Waals surface area contributed by atoms with Crippen LogP contribution in [-0.2, 0) is 67.2 Å². The summed E-state index contributed by atoms with van der Waals surface area (Å²) in [5.74, 6) is -7.87. The molecule has 2 aromatic heterocycles. The van der Waals surface area contributed by atoms with Gasteiger partial charge in [0.2, 0.25) is 47.3 Å². The number of Topliss-reactive ketones (excluding diaryl/α,β-unsaturated/α-hetero) is 1. The van der Waals surface area contributed by atoms with Crippen molar-refractivity contribution in [2.24, 2.45) is 0 Å². The standard InChI is InChI=1S/C56H71N11O12S2/c1-4-37(49(72)62-41(23-32-13-6-5-7-14-32)51(74)66-45(29-80)31(2)69)60-52(75)42(24-33-26-58-38-17-10-8-15-35(33)38)63-54(77)44(28-68)65-50(73)40(20-21-48(70)71)61-53(76)43(25-34-27-59-39-18-11-9-16-36(34)39)64-55(78)47-19-12-22-67(47)56(79)46(30-81)57-3/h5-11,13-18,26-27,37,40-47,57-59,68,80-81H,4,12,19-25,28-30H2,1-3H3,(H,60,75)(H,61,76)(H,62,72)(H,63,77)(H,64,78)(H,65,73)(H,66,74)(H,70,71)/t37-,40-,41-,42-,43-,44-,45-,46-,47-/m0/s1. The van der Waals surface area contributed by atoms with E-state index in [1.54, 1.807) is 87.0 Å². The number of aliphatic carboxylic acids is 1. The van der Waals surface area contributed by atoms with Gasteiger partial charge in [-0.25, -0.2) is 0 Å². The maximum atomic E-state index is 14.5. The summed E-state index contributed by atoms with van der Waals surface area (Å²) in [5, 5.41) is 43.0. The van der Waals surface area contributed by atoms with Crippen molar-refractivity contribution in [3.8, 4) is 0 Å². The Morgan fingerprint density at radius 3 is 1.57 bits per heavy atom. The number of H-pyrrole nitrogens is 2. The van der Waals surface area contributed by atoms with Crippen LogP contribution in [0.2, 0.25) is 0 Å². The number of nitrogens with zero attached hydrogens (tertiary/aromatic N) is 1. The second-order valence-electron chi connectivity index (χ2n) is 19.8. The summed E-state index contributed by atoms with van der Waals surface area (Å²) in [6, 6.07) is 11.8. The summed E-state index contributed by atoms with van der Waals surface area (Å²) in [5.41, 5.74) is 3.30. The number of para-hydroxylation sites is 2. The van der Waals surface area contributed by atoms with Gasteiger partial charge in [-0.05, 0) is 68.5 Å². The molecule has 434 valence electrons. The first-order valence-electron chi connectivity index (χ1n) is 26.7. The minimum Gasteiger partial charge on any atom is -0.481 e. The number of aliphatic hydroxyl groups is 1. The molecule has 3 aromatic carbocycles. The molecule has 1 saturated heterocycles. The molecule has 0 bridgehead atoms. The number of likely N-dealkylation sites (N-methyl/N-ethyl adjacent to an activating group) is 1. The lowest BCUT2D eigenvalue weighted by atomic mass is 10.0. The Balaban J connectivity index is 1.22. The van der Waals surface area contributed by atoms with Gasteiger partial charge < -0.3 is 67.6 Å². The number of aromatic amines is 2. The van der Waals surface area contributed by atoms with Crippen molar-refractivity contribution in [3.63, 3.8) is 0 Å². The Hall–Kier alpha value is -7.74. The summed E-state index contributed by atoms with van der Waals surface area (Å²) < 4.78 is 0.